The molecule has 2 atom stereocenters. The summed E-state index contributed by atoms with van der Waals surface area (Å²) in [5, 5.41) is 3.78. The van der Waals surface area contributed by atoms with Crippen LogP contribution in [-0.2, 0) is 0 Å². The molecular formula is C15H30N2. The molecule has 0 saturated heterocycles. The number of rotatable bonds is 6. The lowest BCUT2D eigenvalue weighted by Gasteiger charge is -2.31. The van der Waals surface area contributed by atoms with Crippen molar-refractivity contribution in [2.75, 3.05) is 20.1 Å². The summed E-state index contributed by atoms with van der Waals surface area (Å²) in [6, 6.07) is 1.48. The Balaban J connectivity index is 1.61. The van der Waals surface area contributed by atoms with E-state index < -0.39 is 0 Å². The normalized spacial score (nSPS) is 30.2. The predicted octanol–water partition coefficient (Wildman–Crippen LogP) is 2.89. The number of hydrogen-bond donors (Lipinski definition) is 1. The molecule has 2 aliphatic carbocycles. The Kier molecular flexibility index (Phi) is 4.87. The van der Waals surface area contributed by atoms with Crippen LogP contribution in [0.1, 0.15) is 52.4 Å². The minimum Gasteiger partial charge on any atom is -0.313 e. The van der Waals surface area contributed by atoms with Gasteiger partial charge in [-0.05, 0) is 58.4 Å². The fraction of sp³-hybridized carbons (Fsp3) is 1.00. The molecule has 0 aromatic carbocycles. The molecule has 0 spiro atoms. The highest BCUT2D eigenvalue weighted by Crippen LogP contribution is 2.43. The van der Waals surface area contributed by atoms with E-state index >= 15 is 0 Å². The molecule has 2 aliphatic rings. The monoisotopic (exact) mass is 238 g/mol. The number of hydrogen-bond acceptors (Lipinski definition) is 2. The SMILES string of the molecule is CC(C)N(C)CCNC1CCCC(C2CC2)C1. The lowest BCUT2D eigenvalue weighted by Crippen LogP contribution is -2.40. The molecule has 0 heterocycles. The second-order valence-corrected chi connectivity index (χ2v) is 6.49. The summed E-state index contributed by atoms with van der Waals surface area (Å²) in [4.78, 5) is 2.42. The first-order chi connectivity index (χ1) is 8.16. The van der Waals surface area contributed by atoms with E-state index in [2.05, 4.69) is 31.1 Å². The first kappa shape index (κ1) is 13.4. The zero-order valence-electron chi connectivity index (χ0n) is 11.9. The van der Waals surface area contributed by atoms with Crippen molar-refractivity contribution in [2.45, 2.75) is 64.5 Å². The Morgan fingerprint density at radius 3 is 2.53 bits per heavy atom. The van der Waals surface area contributed by atoms with Gasteiger partial charge in [-0.15, -0.1) is 0 Å². The average molecular weight is 238 g/mol. The van der Waals surface area contributed by atoms with Gasteiger partial charge in [0.2, 0.25) is 0 Å². The molecule has 0 aliphatic heterocycles. The maximum absolute atomic E-state index is 3.78. The summed E-state index contributed by atoms with van der Waals surface area (Å²) in [7, 11) is 2.22. The van der Waals surface area contributed by atoms with Crippen LogP contribution in [0.5, 0.6) is 0 Å². The topological polar surface area (TPSA) is 15.3 Å². The fourth-order valence-electron chi connectivity index (χ4n) is 3.11. The fourth-order valence-corrected chi connectivity index (χ4v) is 3.11. The zero-order chi connectivity index (χ0) is 12.3. The lowest BCUT2D eigenvalue weighted by atomic mass is 9.83. The van der Waals surface area contributed by atoms with Crippen molar-refractivity contribution in [3.8, 4) is 0 Å². The Hall–Kier alpha value is -0.0800. The predicted molar refractivity (Wildman–Crippen MR) is 74.2 cm³/mol. The summed E-state index contributed by atoms with van der Waals surface area (Å²) < 4.78 is 0. The van der Waals surface area contributed by atoms with E-state index in [0.717, 1.165) is 24.4 Å². The maximum Gasteiger partial charge on any atom is 0.0107 e. The zero-order valence-corrected chi connectivity index (χ0v) is 11.9. The molecule has 0 amide bonds. The molecule has 2 unspecified atom stereocenters. The van der Waals surface area contributed by atoms with Gasteiger partial charge in [-0.25, -0.2) is 0 Å². The van der Waals surface area contributed by atoms with Gasteiger partial charge in [0, 0.05) is 25.2 Å². The van der Waals surface area contributed by atoms with Crippen molar-refractivity contribution in [1.29, 1.82) is 0 Å². The van der Waals surface area contributed by atoms with Crippen LogP contribution >= 0.6 is 0 Å². The van der Waals surface area contributed by atoms with Gasteiger partial charge < -0.3 is 10.2 Å². The second-order valence-electron chi connectivity index (χ2n) is 6.49. The molecule has 1 N–H and O–H groups in total. The highest BCUT2D eigenvalue weighted by atomic mass is 15.1. The Morgan fingerprint density at radius 1 is 1.12 bits per heavy atom. The third-order valence-electron chi connectivity index (χ3n) is 4.78. The molecule has 0 radical (unpaired) electrons. The van der Waals surface area contributed by atoms with Crippen molar-refractivity contribution in [3.63, 3.8) is 0 Å². The average Bonchev–Trinajstić information content (AvgIpc) is 3.13. The van der Waals surface area contributed by atoms with Gasteiger partial charge in [0.25, 0.3) is 0 Å². The lowest BCUT2D eigenvalue weighted by molar-refractivity contribution is 0.236. The van der Waals surface area contributed by atoms with Crippen molar-refractivity contribution >= 4 is 0 Å². The second kappa shape index (κ2) is 6.19. The minimum atomic E-state index is 0.669. The molecule has 17 heavy (non-hydrogen) atoms. The van der Waals surface area contributed by atoms with Crippen LogP contribution in [-0.4, -0.2) is 37.1 Å². The van der Waals surface area contributed by atoms with Crippen molar-refractivity contribution in [3.05, 3.63) is 0 Å². The molecule has 0 aromatic rings. The number of nitrogens with zero attached hydrogens (tertiary/aromatic N) is 1. The summed E-state index contributed by atoms with van der Waals surface area (Å²) in [6.45, 7) is 6.88. The Bertz CT molecular complexity index is 223. The van der Waals surface area contributed by atoms with Crippen molar-refractivity contribution in [1.82, 2.24) is 10.2 Å². The summed E-state index contributed by atoms with van der Waals surface area (Å²) >= 11 is 0. The molecule has 2 fully saturated rings. The Morgan fingerprint density at radius 2 is 1.88 bits per heavy atom. The standard InChI is InChI=1S/C15H30N2/c1-12(2)17(3)10-9-16-15-6-4-5-14(11-15)13-7-8-13/h12-16H,4-11H2,1-3H3. The van der Waals surface area contributed by atoms with Gasteiger partial charge in [-0.1, -0.05) is 12.8 Å². The highest BCUT2D eigenvalue weighted by Gasteiger charge is 2.34. The van der Waals surface area contributed by atoms with Gasteiger partial charge in [-0.2, -0.15) is 0 Å². The van der Waals surface area contributed by atoms with Crippen LogP contribution in [0.4, 0.5) is 0 Å². The van der Waals surface area contributed by atoms with E-state index in [1.165, 1.54) is 45.1 Å². The quantitative estimate of drug-likeness (QED) is 0.765. The summed E-state index contributed by atoms with van der Waals surface area (Å²) in [5.74, 6) is 2.17. The van der Waals surface area contributed by atoms with Gasteiger partial charge in [0.15, 0.2) is 0 Å². The van der Waals surface area contributed by atoms with Crippen LogP contribution in [0.3, 0.4) is 0 Å². The van der Waals surface area contributed by atoms with Crippen LogP contribution in [0.25, 0.3) is 0 Å². The van der Waals surface area contributed by atoms with Crippen LogP contribution in [0, 0.1) is 11.8 Å². The molecule has 100 valence electrons. The van der Waals surface area contributed by atoms with Crippen LogP contribution < -0.4 is 5.32 Å². The molecule has 0 bridgehead atoms. The number of likely N-dealkylation sites (N-methyl/N-ethyl adjacent to an activating group) is 1. The van der Waals surface area contributed by atoms with E-state index in [9.17, 15) is 0 Å². The smallest absolute Gasteiger partial charge is 0.0107 e. The molecule has 0 aromatic heterocycles. The molecule has 2 saturated carbocycles. The molecular weight excluding hydrogens is 208 g/mol. The largest absolute Gasteiger partial charge is 0.313 e. The van der Waals surface area contributed by atoms with E-state index in [1.54, 1.807) is 0 Å². The number of nitrogens with one attached hydrogen (secondary N) is 1. The summed E-state index contributed by atoms with van der Waals surface area (Å²) in [5.41, 5.74) is 0. The molecule has 2 rings (SSSR count). The van der Waals surface area contributed by atoms with Crippen LogP contribution in [0.2, 0.25) is 0 Å². The van der Waals surface area contributed by atoms with Gasteiger partial charge in [0.05, 0.1) is 0 Å². The van der Waals surface area contributed by atoms with E-state index in [-0.39, 0.29) is 0 Å². The van der Waals surface area contributed by atoms with Crippen molar-refractivity contribution < 1.29 is 0 Å². The Labute approximate surface area is 107 Å². The molecule has 2 heteroatoms. The van der Waals surface area contributed by atoms with Crippen molar-refractivity contribution in [2.24, 2.45) is 11.8 Å². The van der Waals surface area contributed by atoms with Gasteiger partial charge in [0.1, 0.15) is 0 Å². The minimum absolute atomic E-state index is 0.669. The third kappa shape index (κ3) is 4.26. The van der Waals surface area contributed by atoms with E-state index in [0.29, 0.717) is 6.04 Å². The first-order valence-corrected chi connectivity index (χ1v) is 7.60. The van der Waals surface area contributed by atoms with E-state index in [1.807, 2.05) is 0 Å². The highest BCUT2D eigenvalue weighted by molar-refractivity contribution is 4.87. The third-order valence-corrected chi connectivity index (χ3v) is 4.78. The summed E-state index contributed by atoms with van der Waals surface area (Å²) in [6.07, 6.45) is 8.87. The van der Waals surface area contributed by atoms with Gasteiger partial charge in [-0.3, -0.25) is 0 Å². The van der Waals surface area contributed by atoms with E-state index in [4.69, 9.17) is 0 Å². The molecule has 2 nitrogen and oxygen atoms in total. The van der Waals surface area contributed by atoms with Crippen LogP contribution in [0.15, 0.2) is 0 Å². The van der Waals surface area contributed by atoms with Gasteiger partial charge >= 0.3 is 0 Å². The maximum atomic E-state index is 3.78. The first-order valence-electron chi connectivity index (χ1n) is 7.60.